The standard InChI is InChI=1S/C17H25NO2S/c1-17(2,3)20-16(19)18-14-10-9-13(11-14)12-21-15-7-5-4-6-8-15/h4-8,13-14H,9-12H2,1-3H3,(H,18,19)/t13-,14+/m1/s1. The Balaban J connectivity index is 1.70. The van der Waals surface area contributed by atoms with Gasteiger partial charge in [-0.1, -0.05) is 18.2 Å². The quantitative estimate of drug-likeness (QED) is 0.834. The fraction of sp³-hybridized carbons (Fsp3) is 0.588. The molecule has 0 bridgehead atoms. The van der Waals surface area contributed by atoms with Crippen LogP contribution >= 0.6 is 11.8 Å². The number of nitrogens with one attached hydrogen (secondary N) is 1. The molecule has 0 radical (unpaired) electrons. The van der Waals surface area contributed by atoms with Crippen LogP contribution in [-0.2, 0) is 4.74 Å². The van der Waals surface area contributed by atoms with Crippen LogP contribution in [0.2, 0.25) is 0 Å². The van der Waals surface area contributed by atoms with Crippen LogP contribution in [0.15, 0.2) is 35.2 Å². The fourth-order valence-electron chi connectivity index (χ4n) is 2.56. The number of carbonyl (C=O) groups excluding carboxylic acids is 1. The Hall–Kier alpha value is -1.16. The fourth-order valence-corrected chi connectivity index (χ4v) is 3.64. The van der Waals surface area contributed by atoms with Crippen molar-refractivity contribution in [1.82, 2.24) is 5.32 Å². The first-order chi connectivity index (χ1) is 9.92. The third kappa shape index (κ3) is 6.00. The van der Waals surface area contributed by atoms with Crippen molar-refractivity contribution in [2.45, 2.75) is 56.6 Å². The van der Waals surface area contributed by atoms with Crippen LogP contribution in [0.5, 0.6) is 0 Å². The first-order valence-corrected chi connectivity index (χ1v) is 8.58. The van der Waals surface area contributed by atoms with E-state index in [9.17, 15) is 4.79 Å². The maximum absolute atomic E-state index is 11.8. The molecule has 0 heterocycles. The van der Waals surface area contributed by atoms with Gasteiger partial charge in [0.2, 0.25) is 0 Å². The molecule has 0 aromatic heterocycles. The highest BCUT2D eigenvalue weighted by Crippen LogP contribution is 2.31. The largest absolute Gasteiger partial charge is 0.444 e. The second-order valence-electron chi connectivity index (χ2n) is 6.65. The second kappa shape index (κ2) is 7.21. The van der Waals surface area contributed by atoms with Crippen LogP contribution in [0.3, 0.4) is 0 Å². The summed E-state index contributed by atoms with van der Waals surface area (Å²) in [6.07, 6.45) is 3.00. The summed E-state index contributed by atoms with van der Waals surface area (Å²) in [5, 5.41) is 2.99. The Bertz CT molecular complexity index is 456. The molecule has 0 spiro atoms. The van der Waals surface area contributed by atoms with E-state index >= 15 is 0 Å². The number of hydrogen-bond donors (Lipinski definition) is 1. The molecule has 4 heteroatoms. The van der Waals surface area contributed by atoms with Crippen LogP contribution in [0.25, 0.3) is 0 Å². The van der Waals surface area contributed by atoms with Gasteiger partial charge >= 0.3 is 6.09 Å². The van der Waals surface area contributed by atoms with E-state index in [2.05, 4.69) is 29.6 Å². The highest BCUT2D eigenvalue weighted by Gasteiger charge is 2.27. The molecular weight excluding hydrogens is 282 g/mol. The van der Waals surface area contributed by atoms with Crippen molar-refractivity contribution >= 4 is 17.9 Å². The van der Waals surface area contributed by atoms with E-state index in [1.165, 1.54) is 11.3 Å². The number of ether oxygens (including phenoxy) is 1. The van der Waals surface area contributed by atoms with E-state index in [4.69, 9.17) is 4.74 Å². The van der Waals surface area contributed by atoms with E-state index < -0.39 is 5.60 Å². The Kier molecular flexibility index (Phi) is 5.57. The van der Waals surface area contributed by atoms with Gasteiger partial charge in [-0.2, -0.15) is 0 Å². The molecule has 1 aromatic rings. The van der Waals surface area contributed by atoms with Gasteiger partial charge < -0.3 is 10.1 Å². The minimum absolute atomic E-state index is 0.265. The summed E-state index contributed by atoms with van der Waals surface area (Å²) in [5.41, 5.74) is -0.425. The molecule has 116 valence electrons. The summed E-state index contributed by atoms with van der Waals surface area (Å²) in [5.74, 6) is 1.80. The number of amides is 1. The molecule has 3 nitrogen and oxygen atoms in total. The average Bonchev–Trinajstić information content (AvgIpc) is 2.83. The SMILES string of the molecule is CC(C)(C)OC(=O)N[C@H]1CC[C@@H](CSc2ccccc2)C1. The zero-order valence-electron chi connectivity index (χ0n) is 13.1. The van der Waals surface area contributed by atoms with E-state index in [1.807, 2.05) is 38.6 Å². The highest BCUT2D eigenvalue weighted by atomic mass is 32.2. The van der Waals surface area contributed by atoms with Gasteiger partial charge in [0.15, 0.2) is 0 Å². The Morgan fingerprint density at radius 2 is 2.00 bits per heavy atom. The molecule has 0 unspecified atom stereocenters. The predicted octanol–water partition coefficient (Wildman–Crippen LogP) is 4.47. The summed E-state index contributed by atoms with van der Waals surface area (Å²) in [7, 11) is 0. The topological polar surface area (TPSA) is 38.3 Å². The van der Waals surface area contributed by atoms with Gasteiger partial charge in [-0.3, -0.25) is 0 Å². The third-order valence-corrected chi connectivity index (χ3v) is 4.73. The van der Waals surface area contributed by atoms with Crippen LogP contribution in [0.4, 0.5) is 4.79 Å². The van der Waals surface area contributed by atoms with Gasteiger partial charge in [-0.05, 0) is 58.1 Å². The van der Waals surface area contributed by atoms with Gasteiger partial charge in [0.05, 0.1) is 0 Å². The minimum atomic E-state index is -0.425. The summed E-state index contributed by atoms with van der Waals surface area (Å²) in [6, 6.07) is 10.8. The monoisotopic (exact) mass is 307 g/mol. The number of thioether (sulfide) groups is 1. The summed E-state index contributed by atoms with van der Waals surface area (Å²) in [4.78, 5) is 13.1. The molecule has 1 fully saturated rings. The average molecular weight is 307 g/mol. The maximum atomic E-state index is 11.8. The summed E-state index contributed by atoms with van der Waals surface area (Å²) >= 11 is 1.90. The number of alkyl carbamates (subject to hydrolysis) is 1. The number of hydrogen-bond acceptors (Lipinski definition) is 3. The zero-order chi connectivity index (χ0) is 15.3. The molecule has 1 N–H and O–H groups in total. The van der Waals surface area contributed by atoms with E-state index in [0.717, 1.165) is 18.6 Å². The third-order valence-electron chi connectivity index (χ3n) is 3.49. The second-order valence-corrected chi connectivity index (χ2v) is 7.74. The molecule has 1 aliphatic carbocycles. The predicted molar refractivity (Wildman–Crippen MR) is 87.7 cm³/mol. The van der Waals surface area contributed by atoms with Gasteiger partial charge in [0, 0.05) is 16.7 Å². The highest BCUT2D eigenvalue weighted by molar-refractivity contribution is 7.99. The molecule has 0 saturated heterocycles. The van der Waals surface area contributed by atoms with Gasteiger partial charge in [-0.25, -0.2) is 4.79 Å². The van der Waals surface area contributed by atoms with Crippen LogP contribution in [0.1, 0.15) is 40.0 Å². The summed E-state index contributed by atoms with van der Waals surface area (Å²) in [6.45, 7) is 5.67. The van der Waals surface area contributed by atoms with Crippen molar-refractivity contribution in [3.63, 3.8) is 0 Å². The molecule has 2 atom stereocenters. The van der Waals surface area contributed by atoms with Gasteiger partial charge in [0.25, 0.3) is 0 Å². The number of rotatable bonds is 4. The molecular formula is C17H25NO2S. The van der Waals surface area contributed by atoms with E-state index in [-0.39, 0.29) is 12.1 Å². The first kappa shape index (κ1) is 16.2. The lowest BCUT2D eigenvalue weighted by Gasteiger charge is -2.21. The Labute approximate surface area is 131 Å². The zero-order valence-corrected chi connectivity index (χ0v) is 13.9. The lowest BCUT2D eigenvalue weighted by molar-refractivity contribution is 0.0505. The van der Waals surface area contributed by atoms with Crippen molar-refractivity contribution in [2.75, 3.05) is 5.75 Å². The van der Waals surface area contributed by atoms with E-state index in [0.29, 0.717) is 5.92 Å². The molecule has 1 amide bonds. The van der Waals surface area contributed by atoms with Crippen molar-refractivity contribution in [1.29, 1.82) is 0 Å². The molecule has 0 aliphatic heterocycles. The molecule has 1 aliphatic rings. The molecule has 1 aromatic carbocycles. The van der Waals surface area contributed by atoms with Gasteiger partial charge in [-0.15, -0.1) is 11.8 Å². The van der Waals surface area contributed by atoms with Crippen molar-refractivity contribution in [3.8, 4) is 0 Å². The lowest BCUT2D eigenvalue weighted by Crippen LogP contribution is -2.38. The normalized spacial score (nSPS) is 22.0. The van der Waals surface area contributed by atoms with Crippen molar-refractivity contribution in [3.05, 3.63) is 30.3 Å². The number of benzene rings is 1. The van der Waals surface area contributed by atoms with Crippen molar-refractivity contribution in [2.24, 2.45) is 5.92 Å². The maximum Gasteiger partial charge on any atom is 0.407 e. The molecule has 2 rings (SSSR count). The minimum Gasteiger partial charge on any atom is -0.444 e. The Morgan fingerprint density at radius 3 is 2.67 bits per heavy atom. The first-order valence-electron chi connectivity index (χ1n) is 7.60. The smallest absolute Gasteiger partial charge is 0.407 e. The van der Waals surface area contributed by atoms with Crippen LogP contribution < -0.4 is 5.32 Å². The van der Waals surface area contributed by atoms with E-state index in [1.54, 1.807) is 0 Å². The summed E-state index contributed by atoms with van der Waals surface area (Å²) < 4.78 is 5.31. The van der Waals surface area contributed by atoms with Gasteiger partial charge in [0.1, 0.15) is 5.60 Å². The molecule has 1 saturated carbocycles. The van der Waals surface area contributed by atoms with Crippen LogP contribution in [-0.4, -0.2) is 23.5 Å². The number of carbonyl (C=O) groups is 1. The molecule has 21 heavy (non-hydrogen) atoms. The lowest BCUT2D eigenvalue weighted by atomic mass is 10.1. The Morgan fingerprint density at radius 1 is 1.29 bits per heavy atom. The van der Waals surface area contributed by atoms with Crippen molar-refractivity contribution < 1.29 is 9.53 Å². The van der Waals surface area contributed by atoms with Crippen LogP contribution in [0, 0.1) is 5.92 Å².